The number of rotatable bonds is 6. The van der Waals surface area contributed by atoms with Crippen LogP contribution in [0.15, 0.2) is 60.8 Å². The molecule has 0 bridgehead atoms. The zero-order valence-corrected chi connectivity index (χ0v) is 16.3. The molecule has 0 amide bonds. The van der Waals surface area contributed by atoms with Crippen LogP contribution in [0, 0.1) is 6.92 Å². The molecule has 4 aromatic rings. The highest BCUT2D eigenvalue weighted by molar-refractivity contribution is 6.09. The van der Waals surface area contributed by atoms with Crippen LogP contribution in [0.1, 0.15) is 31.5 Å². The summed E-state index contributed by atoms with van der Waals surface area (Å²) in [5, 5.41) is 2.54. The minimum absolute atomic E-state index is 0.168. The fourth-order valence-corrected chi connectivity index (χ4v) is 3.86. The van der Waals surface area contributed by atoms with Crippen molar-refractivity contribution in [1.29, 1.82) is 0 Å². The Kier molecular flexibility index (Phi) is 4.85. The molecule has 2 aromatic carbocycles. The molecule has 0 aliphatic carbocycles. The summed E-state index contributed by atoms with van der Waals surface area (Å²) < 4.78 is 8.37. The first-order valence-corrected chi connectivity index (χ1v) is 9.71. The Hall–Kier alpha value is -2.81. The van der Waals surface area contributed by atoms with Crippen LogP contribution in [0.25, 0.3) is 21.8 Å². The first-order valence-electron chi connectivity index (χ1n) is 9.71. The first kappa shape index (κ1) is 17.6. The molecule has 0 aliphatic rings. The lowest BCUT2D eigenvalue weighted by atomic mass is 10.1. The lowest BCUT2D eigenvalue weighted by Gasteiger charge is -2.12. The van der Waals surface area contributed by atoms with E-state index >= 15 is 0 Å². The van der Waals surface area contributed by atoms with E-state index in [0.29, 0.717) is 0 Å². The Morgan fingerprint density at radius 1 is 1.00 bits per heavy atom. The summed E-state index contributed by atoms with van der Waals surface area (Å²) in [5.74, 6) is 0.926. The summed E-state index contributed by atoms with van der Waals surface area (Å²) >= 11 is 0. The van der Waals surface area contributed by atoms with Crippen LogP contribution in [-0.4, -0.2) is 15.7 Å². The quantitative estimate of drug-likeness (QED) is 0.428. The fraction of sp³-hybridized carbons (Fsp3) is 0.292. The molecule has 0 unspecified atom stereocenters. The molecule has 2 heterocycles. The average Bonchev–Trinajstić information content (AvgIpc) is 2.97. The Morgan fingerprint density at radius 2 is 1.81 bits per heavy atom. The number of aryl methyl sites for hydroxylation is 3. The predicted octanol–water partition coefficient (Wildman–Crippen LogP) is 5.92. The van der Waals surface area contributed by atoms with Gasteiger partial charge in [0, 0.05) is 29.6 Å². The van der Waals surface area contributed by atoms with E-state index in [1.807, 2.05) is 6.20 Å². The number of ether oxygens (including phenoxy) is 1. The lowest BCUT2D eigenvalue weighted by molar-refractivity contribution is 0.242. The van der Waals surface area contributed by atoms with Gasteiger partial charge in [-0.1, -0.05) is 30.3 Å². The third-order valence-electron chi connectivity index (χ3n) is 4.99. The number of hydrogen-bond donors (Lipinski definition) is 0. The highest BCUT2D eigenvalue weighted by atomic mass is 16.5. The van der Waals surface area contributed by atoms with Gasteiger partial charge < -0.3 is 9.30 Å². The second-order valence-electron chi connectivity index (χ2n) is 7.38. The van der Waals surface area contributed by atoms with E-state index in [-0.39, 0.29) is 6.10 Å². The van der Waals surface area contributed by atoms with Gasteiger partial charge in [0.15, 0.2) is 0 Å². The van der Waals surface area contributed by atoms with Crippen molar-refractivity contribution in [2.45, 2.75) is 46.3 Å². The molecular weight excluding hydrogens is 332 g/mol. The number of benzene rings is 2. The molecule has 0 saturated heterocycles. The van der Waals surface area contributed by atoms with Crippen molar-refractivity contribution in [3.05, 3.63) is 72.1 Å². The zero-order valence-electron chi connectivity index (χ0n) is 16.3. The van der Waals surface area contributed by atoms with Gasteiger partial charge in [0.2, 0.25) is 0 Å². The summed E-state index contributed by atoms with van der Waals surface area (Å²) in [7, 11) is 0. The van der Waals surface area contributed by atoms with E-state index < -0.39 is 0 Å². The molecule has 4 rings (SSSR count). The summed E-state index contributed by atoms with van der Waals surface area (Å²) in [6.07, 6.45) is 4.24. The SMILES string of the molecule is Cc1nccc2c3ccc(OC(C)C)cc3n(CCCc3ccccc3)c12. The van der Waals surface area contributed by atoms with Crippen molar-refractivity contribution in [2.75, 3.05) is 0 Å². The van der Waals surface area contributed by atoms with Crippen molar-refractivity contribution < 1.29 is 4.74 Å². The molecule has 0 fully saturated rings. The van der Waals surface area contributed by atoms with Crippen LogP contribution >= 0.6 is 0 Å². The first-order chi connectivity index (χ1) is 13.1. The molecule has 0 saturated carbocycles. The fourth-order valence-electron chi connectivity index (χ4n) is 3.86. The Balaban J connectivity index is 1.75. The van der Waals surface area contributed by atoms with Crippen LogP contribution in [0.5, 0.6) is 5.75 Å². The monoisotopic (exact) mass is 358 g/mol. The minimum atomic E-state index is 0.168. The van der Waals surface area contributed by atoms with E-state index in [1.165, 1.54) is 27.4 Å². The van der Waals surface area contributed by atoms with Gasteiger partial charge in [0.05, 0.1) is 22.8 Å². The van der Waals surface area contributed by atoms with Crippen molar-refractivity contribution in [1.82, 2.24) is 9.55 Å². The minimum Gasteiger partial charge on any atom is -0.491 e. The molecule has 3 heteroatoms. The van der Waals surface area contributed by atoms with Crippen LogP contribution < -0.4 is 4.74 Å². The van der Waals surface area contributed by atoms with Gasteiger partial charge in [-0.15, -0.1) is 0 Å². The van der Waals surface area contributed by atoms with E-state index in [2.05, 4.69) is 84.9 Å². The Bertz CT molecular complexity index is 1060. The van der Waals surface area contributed by atoms with Gasteiger partial charge in [-0.2, -0.15) is 0 Å². The van der Waals surface area contributed by atoms with Crippen molar-refractivity contribution >= 4 is 21.8 Å². The molecule has 27 heavy (non-hydrogen) atoms. The average molecular weight is 358 g/mol. The summed E-state index contributed by atoms with van der Waals surface area (Å²) in [5.41, 5.74) is 4.93. The maximum Gasteiger partial charge on any atom is 0.121 e. The molecule has 0 N–H and O–H groups in total. The van der Waals surface area contributed by atoms with Crippen LogP contribution in [0.3, 0.4) is 0 Å². The molecule has 2 aromatic heterocycles. The standard InChI is InChI=1S/C24H26N2O/c1-17(2)27-20-11-12-21-22-13-14-25-18(3)24(22)26(23(21)16-20)15-7-10-19-8-5-4-6-9-19/h4-6,8-9,11-14,16-17H,7,10,15H2,1-3H3. The van der Waals surface area contributed by atoms with E-state index in [4.69, 9.17) is 4.74 Å². The third-order valence-corrected chi connectivity index (χ3v) is 4.99. The van der Waals surface area contributed by atoms with Gasteiger partial charge in [-0.25, -0.2) is 0 Å². The zero-order chi connectivity index (χ0) is 18.8. The number of nitrogens with zero attached hydrogens (tertiary/aromatic N) is 2. The van der Waals surface area contributed by atoms with Gasteiger partial charge in [0.25, 0.3) is 0 Å². The normalized spacial score (nSPS) is 11.6. The number of aromatic nitrogens is 2. The van der Waals surface area contributed by atoms with Gasteiger partial charge in [-0.05, 0) is 57.4 Å². The summed E-state index contributed by atoms with van der Waals surface area (Å²) in [6, 6.07) is 19.3. The lowest BCUT2D eigenvalue weighted by Crippen LogP contribution is -2.06. The van der Waals surface area contributed by atoms with E-state index in [0.717, 1.165) is 30.8 Å². The highest BCUT2D eigenvalue weighted by Crippen LogP contribution is 2.33. The molecule has 0 aliphatic heterocycles. The van der Waals surface area contributed by atoms with Gasteiger partial charge >= 0.3 is 0 Å². The molecular formula is C24H26N2O. The van der Waals surface area contributed by atoms with Gasteiger partial charge in [0.1, 0.15) is 5.75 Å². The predicted molar refractivity (Wildman–Crippen MR) is 113 cm³/mol. The molecule has 3 nitrogen and oxygen atoms in total. The summed E-state index contributed by atoms with van der Waals surface area (Å²) in [4.78, 5) is 4.55. The Labute approximate surface area is 160 Å². The summed E-state index contributed by atoms with van der Waals surface area (Å²) in [6.45, 7) is 7.19. The smallest absolute Gasteiger partial charge is 0.121 e. The third kappa shape index (κ3) is 3.55. The van der Waals surface area contributed by atoms with Gasteiger partial charge in [-0.3, -0.25) is 4.98 Å². The highest BCUT2D eigenvalue weighted by Gasteiger charge is 2.14. The largest absolute Gasteiger partial charge is 0.491 e. The van der Waals surface area contributed by atoms with Crippen LogP contribution in [0.4, 0.5) is 0 Å². The van der Waals surface area contributed by atoms with E-state index in [1.54, 1.807) is 0 Å². The number of hydrogen-bond acceptors (Lipinski definition) is 2. The van der Waals surface area contributed by atoms with Crippen LogP contribution in [0.2, 0.25) is 0 Å². The number of pyridine rings is 1. The molecule has 0 spiro atoms. The molecule has 138 valence electrons. The second-order valence-corrected chi connectivity index (χ2v) is 7.38. The van der Waals surface area contributed by atoms with Crippen LogP contribution in [-0.2, 0) is 13.0 Å². The van der Waals surface area contributed by atoms with Crippen molar-refractivity contribution in [2.24, 2.45) is 0 Å². The Morgan fingerprint density at radius 3 is 2.59 bits per heavy atom. The molecule has 0 atom stereocenters. The van der Waals surface area contributed by atoms with E-state index in [9.17, 15) is 0 Å². The van der Waals surface area contributed by atoms with Crippen molar-refractivity contribution in [3.63, 3.8) is 0 Å². The maximum absolute atomic E-state index is 5.95. The van der Waals surface area contributed by atoms with Crippen molar-refractivity contribution in [3.8, 4) is 5.75 Å². The molecule has 0 radical (unpaired) electrons. The topological polar surface area (TPSA) is 27.1 Å². The number of fused-ring (bicyclic) bond motifs is 3. The second kappa shape index (κ2) is 7.43. The maximum atomic E-state index is 5.95.